The molecular formula is C11H14N4O3S. The molecule has 2 heterocycles. The number of esters is 1. The fraction of sp³-hybridized carbons (Fsp3) is 0.455. The number of hydrogen-bond donors (Lipinski definition) is 1. The normalized spacial score (nSPS) is 12.5. The summed E-state index contributed by atoms with van der Waals surface area (Å²) in [5, 5.41) is 2.78. The number of nitrogens with one attached hydrogen (secondary N) is 1. The first kappa shape index (κ1) is 13.6. The zero-order chi connectivity index (χ0) is 13.8. The third-order valence-electron chi connectivity index (χ3n) is 2.52. The molecule has 1 unspecified atom stereocenters. The van der Waals surface area contributed by atoms with E-state index < -0.39 is 0 Å². The Morgan fingerprint density at radius 1 is 1.63 bits per heavy atom. The number of carbonyl (C=O) groups excluding carboxylic acids is 1. The minimum absolute atomic E-state index is 0.104. The van der Waals surface area contributed by atoms with E-state index in [0.29, 0.717) is 23.6 Å². The Labute approximate surface area is 113 Å². The van der Waals surface area contributed by atoms with Crippen LogP contribution in [-0.4, -0.2) is 37.9 Å². The average molecular weight is 282 g/mol. The van der Waals surface area contributed by atoms with Crippen molar-refractivity contribution in [1.82, 2.24) is 19.6 Å². The second-order valence-electron chi connectivity index (χ2n) is 4.01. The van der Waals surface area contributed by atoms with Crippen molar-refractivity contribution in [2.45, 2.75) is 24.3 Å². The van der Waals surface area contributed by atoms with Crippen LogP contribution in [0.15, 0.2) is 17.2 Å². The monoisotopic (exact) mass is 282 g/mol. The number of aromatic nitrogens is 4. The zero-order valence-corrected chi connectivity index (χ0v) is 11.4. The van der Waals surface area contributed by atoms with Crippen LogP contribution in [0, 0.1) is 0 Å². The number of H-pyrrole nitrogens is 1. The van der Waals surface area contributed by atoms with E-state index in [1.165, 1.54) is 24.0 Å². The van der Waals surface area contributed by atoms with Crippen LogP contribution in [0.4, 0.5) is 0 Å². The molecule has 0 spiro atoms. The number of methoxy groups -OCH3 is 1. The van der Waals surface area contributed by atoms with E-state index in [1.807, 2.05) is 6.92 Å². The Bertz CT molecular complexity index is 636. The first-order valence-electron chi connectivity index (χ1n) is 5.70. The van der Waals surface area contributed by atoms with Gasteiger partial charge in [-0.3, -0.25) is 14.7 Å². The molecule has 0 saturated heterocycles. The minimum atomic E-state index is -0.240. The number of carbonyl (C=O) groups is 1. The van der Waals surface area contributed by atoms with Crippen LogP contribution >= 0.6 is 11.8 Å². The van der Waals surface area contributed by atoms with E-state index in [-0.39, 0.29) is 16.8 Å². The highest BCUT2D eigenvalue weighted by Gasteiger charge is 2.11. The number of nitrogens with zero attached hydrogens (tertiary/aromatic N) is 3. The van der Waals surface area contributed by atoms with Gasteiger partial charge in [0, 0.05) is 17.1 Å². The maximum absolute atomic E-state index is 11.7. The highest BCUT2D eigenvalue weighted by atomic mass is 32.2. The largest absolute Gasteiger partial charge is 0.469 e. The van der Waals surface area contributed by atoms with Crippen LogP contribution in [-0.2, 0) is 15.3 Å². The molecule has 0 aliphatic carbocycles. The maximum Gasteiger partial charge on any atom is 0.306 e. The molecule has 0 aromatic carbocycles. The molecule has 1 atom stereocenters. The van der Waals surface area contributed by atoms with E-state index in [4.69, 9.17) is 0 Å². The Hall–Kier alpha value is -1.83. The molecule has 0 amide bonds. The molecule has 0 radical (unpaired) electrons. The quantitative estimate of drug-likeness (QED) is 0.808. The number of hydrogen-bond acceptors (Lipinski definition) is 6. The van der Waals surface area contributed by atoms with Crippen molar-refractivity contribution in [3.8, 4) is 0 Å². The lowest BCUT2D eigenvalue weighted by Crippen LogP contribution is -2.16. The van der Waals surface area contributed by atoms with Gasteiger partial charge in [0.05, 0.1) is 19.2 Å². The van der Waals surface area contributed by atoms with Crippen molar-refractivity contribution >= 4 is 23.5 Å². The topological polar surface area (TPSA) is 89.4 Å². The van der Waals surface area contributed by atoms with E-state index in [1.54, 1.807) is 11.8 Å². The molecule has 19 heavy (non-hydrogen) atoms. The third kappa shape index (κ3) is 3.34. The summed E-state index contributed by atoms with van der Waals surface area (Å²) >= 11 is 1.54. The second kappa shape index (κ2) is 5.87. The Kier molecular flexibility index (Phi) is 4.20. The Morgan fingerprint density at radius 2 is 2.42 bits per heavy atom. The SMILES string of the molecule is COC(=O)CC(C)SCc1cc(=O)n2[nH]cnc2n1. The summed E-state index contributed by atoms with van der Waals surface area (Å²) in [6.45, 7) is 1.93. The van der Waals surface area contributed by atoms with Crippen LogP contribution < -0.4 is 5.56 Å². The average Bonchev–Trinajstić information content (AvgIpc) is 2.85. The number of aromatic amines is 1. The maximum atomic E-state index is 11.7. The first-order chi connectivity index (χ1) is 9.10. The number of ether oxygens (including phenoxy) is 1. The van der Waals surface area contributed by atoms with Gasteiger partial charge in [-0.15, -0.1) is 0 Å². The first-order valence-corrected chi connectivity index (χ1v) is 6.75. The second-order valence-corrected chi connectivity index (χ2v) is 5.44. The molecule has 8 heteroatoms. The van der Waals surface area contributed by atoms with Gasteiger partial charge in [-0.05, 0) is 0 Å². The summed E-state index contributed by atoms with van der Waals surface area (Å²) in [7, 11) is 1.37. The summed E-state index contributed by atoms with van der Waals surface area (Å²) in [5.41, 5.74) is 0.456. The van der Waals surface area contributed by atoms with E-state index in [9.17, 15) is 9.59 Å². The number of rotatable bonds is 5. The molecule has 102 valence electrons. The number of thioether (sulfide) groups is 1. The van der Waals surface area contributed by atoms with Crippen molar-refractivity contribution in [3.63, 3.8) is 0 Å². The molecule has 0 saturated carbocycles. The number of fused-ring (bicyclic) bond motifs is 1. The lowest BCUT2D eigenvalue weighted by molar-refractivity contribution is -0.140. The van der Waals surface area contributed by atoms with Gasteiger partial charge in [-0.2, -0.15) is 16.3 Å². The van der Waals surface area contributed by atoms with Gasteiger partial charge >= 0.3 is 5.97 Å². The van der Waals surface area contributed by atoms with Gasteiger partial charge in [-0.1, -0.05) is 6.92 Å². The smallest absolute Gasteiger partial charge is 0.306 e. The Morgan fingerprint density at radius 3 is 3.16 bits per heavy atom. The van der Waals surface area contributed by atoms with E-state index >= 15 is 0 Å². The van der Waals surface area contributed by atoms with Crippen molar-refractivity contribution in [3.05, 3.63) is 28.4 Å². The van der Waals surface area contributed by atoms with Gasteiger partial charge in [0.2, 0.25) is 0 Å². The summed E-state index contributed by atoms with van der Waals surface area (Å²) in [6.07, 6.45) is 1.76. The lowest BCUT2D eigenvalue weighted by atomic mass is 10.3. The van der Waals surface area contributed by atoms with Crippen LogP contribution in [0.3, 0.4) is 0 Å². The molecule has 2 aromatic rings. The lowest BCUT2D eigenvalue weighted by Gasteiger charge is -2.08. The van der Waals surface area contributed by atoms with E-state index in [0.717, 1.165) is 0 Å². The third-order valence-corrected chi connectivity index (χ3v) is 3.72. The molecular weight excluding hydrogens is 268 g/mol. The Balaban J connectivity index is 2.01. The summed E-state index contributed by atoms with van der Waals surface area (Å²) in [5.74, 6) is 0.663. The molecule has 2 rings (SSSR count). The highest BCUT2D eigenvalue weighted by Crippen LogP contribution is 2.18. The molecule has 0 bridgehead atoms. The van der Waals surface area contributed by atoms with Crippen molar-refractivity contribution in [1.29, 1.82) is 0 Å². The van der Waals surface area contributed by atoms with Crippen LogP contribution in [0.1, 0.15) is 19.0 Å². The predicted molar refractivity (Wildman–Crippen MR) is 71.0 cm³/mol. The molecule has 2 aromatic heterocycles. The predicted octanol–water partition coefficient (Wildman–Crippen LogP) is 0.602. The van der Waals surface area contributed by atoms with Crippen LogP contribution in [0.2, 0.25) is 0 Å². The summed E-state index contributed by atoms with van der Waals surface area (Å²) in [4.78, 5) is 31.0. The standard InChI is InChI=1S/C11H14N4O3S/c1-7(3-10(17)18-2)19-5-8-4-9(16)15-11(14-8)12-6-13-15/h4,6-7H,3,5H2,1-2H3,(H,12,13,14). The highest BCUT2D eigenvalue weighted by molar-refractivity contribution is 7.99. The van der Waals surface area contributed by atoms with Gasteiger partial charge in [0.1, 0.15) is 6.33 Å². The molecule has 7 nitrogen and oxygen atoms in total. The van der Waals surface area contributed by atoms with Crippen molar-refractivity contribution < 1.29 is 9.53 Å². The zero-order valence-electron chi connectivity index (χ0n) is 10.6. The molecule has 0 aliphatic rings. The van der Waals surface area contributed by atoms with Crippen molar-refractivity contribution in [2.24, 2.45) is 0 Å². The minimum Gasteiger partial charge on any atom is -0.469 e. The molecule has 1 N–H and O–H groups in total. The van der Waals surface area contributed by atoms with Crippen LogP contribution in [0.25, 0.3) is 5.78 Å². The molecule has 0 aliphatic heterocycles. The summed E-state index contributed by atoms with van der Waals surface area (Å²) in [6, 6.07) is 1.46. The fourth-order valence-electron chi connectivity index (χ4n) is 1.55. The van der Waals surface area contributed by atoms with Gasteiger partial charge in [0.15, 0.2) is 0 Å². The summed E-state index contributed by atoms with van der Waals surface area (Å²) < 4.78 is 5.87. The van der Waals surface area contributed by atoms with Crippen LogP contribution in [0.5, 0.6) is 0 Å². The van der Waals surface area contributed by atoms with E-state index in [2.05, 4.69) is 19.8 Å². The van der Waals surface area contributed by atoms with Gasteiger partial charge in [-0.25, -0.2) is 9.97 Å². The fourth-order valence-corrected chi connectivity index (χ4v) is 2.40. The molecule has 0 fully saturated rings. The van der Waals surface area contributed by atoms with Gasteiger partial charge < -0.3 is 4.74 Å². The van der Waals surface area contributed by atoms with Crippen molar-refractivity contribution in [2.75, 3.05) is 7.11 Å². The van der Waals surface area contributed by atoms with Gasteiger partial charge in [0.25, 0.3) is 11.3 Å².